The standard InChI is InChI=1S/C11H14FNO/c12-9-5-11(6-9,7-13)8-2-1-3-10(14)4-8/h1-4,9,14H,5-7,13H2. The van der Waals surface area contributed by atoms with Crippen LogP contribution >= 0.6 is 0 Å². The first-order chi connectivity index (χ1) is 6.66. The molecule has 0 unspecified atom stereocenters. The van der Waals surface area contributed by atoms with Crippen LogP contribution in [0.3, 0.4) is 0 Å². The smallest absolute Gasteiger partial charge is 0.115 e. The largest absolute Gasteiger partial charge is 0.508 e. The Bertz CT molecular complexity index is 334. The van der Waals surface area contributed by atoms with Crippen LogP contribution < -0.4 is 5.73 Å². The van der Waals surface area contributed by atoms with Gasteiger partial charge in [0.1, 0.15) is 11.9 Å². The van der Waals surface area contributed by atoms with Gasteiger partial charge in [0, 0.05) is 12.0 Å². The zero-order valence-electron chi connectivity index (χ0n) is 7.91. The van der Waals surface area contributed by atoms with Crippen molar-refractivity contribution in [1.29, 1.82) is 0 Å². The van der Waals surface area contributed by atoms with E-state index >= 15 is 0 Å². The molecule has 76 valence electrons. The molecule has 3 N–H and O–H groups in total. The van der Waals surface area contributed by atoms with Gasteiger partial charge < -0.3 is 10.8 Å². The zero-order valence-corrected chi connectivity index (χ0v) is 7.91. The summed E-state index contributed by atoms with van der Waals surface area (Å²) in [6.45, 7) is 0.441. The molecule has 0 amide bonds. The summed E-state index contributed by atoms with van der Waals surface area (Å²) in [5.41, 5.74) is 6.38. The minimum Gasteiger partial charge on any atom is -0.508 e. The average Bonchev–Trinajstić information content (AvgIpc) is 2.12. The third-order valence-corrected chi connectivity index (χ3v) is 3.07. The van der Waals surface area contributed by atoms with Crippen molar-refractivity contribution in [2.45, 2.75) is 24.4 Å². The molecule has 1 aromatic carbocycles. The first kappa shape index (κ1) is 9.46. The van der Waals surface area contributed by atoms with Gasteiger partial charge in [0.05, 0.1) is 0 Å². The molecule has 1 fully saturated rings. The predicted octanol–water partition coefficient (Wildman–Crippen LogP) is 1.72. The lowest BCUT2D eigenvalue weighted by atomic mass is 9.63. The van der Waals surface area contributed by atoms with Crippen molar-refractivity contribution in [1.82, 2.24) is 0 Å². The van der Waals surface area contributed by atoms with Gasteiger partial charge >= 0.3 is 0 Å². The number of halogens is 1. The van der Waals surface area contributed by atoms with E-state index in [9.17, 15) is 9.50 Å². The third kappa shape index (κ3) is 1.38. The van der Waals surface area contributed by atoms with Crippen LogP contribution in [-0.2, 0) is 5.41 Å². The van der Waals surface area contributed by atoms with Crippen LogP contribution in [0.15, 0.2) is 24.3 Å². The molecule has 0 heterocycles. The second-order valence-corrected chi connectivity index (χ2v) is 4.04. The number of rotatable bonds is 2. The van der Waals surface area contributed by atoms with Crippen LogP contribution in [0.25, 0.3) is 0 Å². The van der Waals surface area contributed by atoms with Crippen molar-refractivity contribution in [2.75, 3.05) is 6.54 Å². The van der Waals surface area contributed by atoms with E-state index in [1.54, 1.807) is 18.2 Å². The van der Waals surface area contributed by atoms with Crippen LogP contribution in [0.5, 0.6) is 5.75 Å². The number of phenolic OH excluding ortho intramolecular Hbond substituents is 1. The normalized spacial score (nSPS) is 31.1. The molecule has 1 aliphatic rings. The van der Waals surface area contributed by atoms with Crippen LogP contribution in [0.4, 0.5) is 4.39 Å². The molecule has 0 aliphatic heterocycles. The second kappa shape index (κ2) is 3.24. The van der Waals surface area contributed by atoms with Gasteiger partial charge in [-0.1, -0.05) is 12.1 Å². The Morgan fingerprint density at radius 2 is 2.21 bits per heavy atom. The second-order valence-electron chi connectivity index (χ2n) is 4.04. The maximum absolute atomic E-state index is 12.9. The maximum atomic E-state index is 12.9. The molecule has 0 spiro atoms. The Labute approximate surface area is 82.5 Å². The molecule has 0 bridgehead atoms. The van der Waals surface area contributed by atoms with Gasteiger partial charge in [0.25, 0.3) is 0 Å². The Kier molecular flexibility index (Phi) is 2.19. The molecule has 0 saturated heterocycles. The van der Waals surface area contributed by atoms with Gasteiger partial charge in [-0.15, -0.1) is 0 Å². The minimum atomic E-state index is -0.735. The molecular formula is C11H14FNO. The minimum absolute atomic E-state index is 0.220. The van der Waals surface area contributed by atoms with Crippen molar-refractivity contribution in [3.05, 3.63) is 29.8 Å². The Morgan fingerprint density at radius 3 is 2.71 bits per heavy atom. The van der Waals surface area contributed by atoms with E-state index in [4.69, 9.17) is 5.73 Å². The monoisotopic (exact) mass is 195 g/mol. The Hall–Kier alpha value is -1.09. The molecule has 0 atom stereocenters. The molecule has 0 aromatic heterocycles. The van der Waals surface area contributed by atoms with Crippen molar-refractivity contribution < 1.29 is 9.50 Å². The van der Waals surface area contributed by atoms with Gasteiger partial charge in [0.15, 0.2) is 0 Å². The first-order valence-corrected chi connectivity index (χ1v) is 4.80. The molecular weight excluding hydrogens is 181 g/mol. The lowest BCUT2D eigenvalue weighted by Crippen LogP contribution is -2.48. The lowest BCUT2D eigenvalue weighted by molar-refractivity contribution is 0.0995. The zero-order chi connectivity index (χ0) is 10.2. The molecule has 0 radical (unpaired) electrons. The van der Waals surface area contributed by atoms with Gasteiger partial charge in [-0.3, -0.25) is 0 Å². The summed E-state index contributed by atoms with van der Waals surface area (Å²) >= 11 is 0. The lowest BCUT2D eigenvalue weighted by Gasteiger charge is -2.44. The SMILES string of the molecule is NCC1(c2cccc(O)c2)CC(F)C1. The summed E-state index contributed by atoms with van der Waals surface area (Å²) in [7, 11) is 0. The predicted molar refractivity (Wildman–Crippen MR) is 53.0 cm³/mol. The third-order valence-electron chi connectivity index (χ3n) is 3.07. The number of hydrogen-bond acceptors (Lipinski definition) is 2. The topological polar surface area (TPSA) is 46.2 Å². The molecule has 1 saturated carbocycles. The van der Waals surface area contributed by atoms with E-state index in [1.165, 1.54) is 0 Å². The Morgan fingerprint density at radius 1 is 1.50 bits per heavy atom. The number of phenols is 1. The number of nitrogens with two attached hydrogens (primary N) is 1. The summed E-state index contributed by atoms with van der Waals surface area (Å²) < 4.78 is 12.9. The van der Waals surface area contributed by atoms with Gasteiger partial charge in [-0.2, -0.15) is 0 Å². The quantitative estimate of drug-likeness (QED) is 0.754. The number of alkyl halides is 1. The van der Waals surface area contributed by atoms with E-state index in [0.29, 0.717) is 19.4 Å². The van der Waals surface area contributed by atoms with E-state index in [0.717, 1.165) is 5.56 Å². The fourth-order valence-electron chi connectivity index (χ4n) is 2.14. The number of benzene rings is 1. The fraction of sp³-hybridized carbons (Fsp3) is 0.455. The Balaban J connectivity index is 2.29. The molecule has 2 nitrogen and oxygen atoms in total. The molecule has 1 aromatic rings. The van der Waals surface area contributed by atoms with Crippen molar-refractivity contribution >= 4 is 0 Å². The maximum Gasteiger partial charge on any atom is 0.115 e. The highest BCUT2D eigenvalue weighted by atomic mass is 19.1. The summed E-state index contributed by atoms with van der Waals surface area (Å²) in [6.07, 6.45) is 0.223. The molecule has 1 aliphatic carbocycles. The molecule has 3 heteroatoms. The average molecular weight is 195 g/mol. The van der Waals surface area contributed by atoms with E-state index in [-0.39, 0.29) is 11.2 Å². The summed E-state index contributed by atoms with van der Waals surface area (Å²) in [6, 6.07) is 6.96. The van der Waals surface area contributed by atoms with Crippen LogP contribution in [0.2, 0.25) is 0 Å². The highest BCUT2D eigenvalue weighted by Gasteiger charge is 2.44. The first-order valence-electron chi connectivity index (χ1n) is 4.80. The van der Waals surface area contributed by atoms with Gasteiger partial charge in [0.2, 0.25) is 0 Å². The summed E-state index contributed by atoms with van der Waals surface area (Å²) in [5, 5.41) is 9.32. The molecule has 14 heavy (non-hydrogen) atoms. The van der Waals surface area contributed by atoms with Crippen LogP contribution in [-0.4, -0.2) is 17.8 Å². The van der Waals surface area contributed by atoms with Crippen molar-refractivity contribution in [3.63, 3.8) is 0 Å². The van der Waals surface area contributed by atoms with Gasteiger partial charge in [-0.05, 0) is 30.5 Å². The van der Waals surface area contributed by atoms with E-state index in [2.05, 4.69) is 0 Å². The van der Waals surface area contributed by atoms with Crippen molar-refractivity contribution in [2.24, 2.45) is 5.73 Å². The summed E-state index contributed by atoms with van der Waals surface area (Å²) in [4.78, 5) is 0. The fourth-order valence-corrected chi connectivity index (χ4v) is 2.14. The van der Waals surface area contributed by atoms with Crippen LogP contribution in [0.1, 0.15) is 18.4 Å². The van der Waals surface area contributed by atoms with E-state index < -0.39 is 6.17 Å². The highest BCUT2D eigenvalue weighted by molar-refractivity contribution is 5.35. The van der Waals surface area contributed by atoms with Crippen LogP contribution in [0, 0.1) is 0 Å². The number of aromatic hydroxyl groups is 1. The van der Waals surface area contributed by atoms with E-state index in [1.807, 2.05) is 6.07 Å². The number of hydrogen-bond donors (Lipinski definition) is 2. The molecule has 2 rings (SSSR count). The van der Waals surface area contributed by atoms with Crippen molar-refractivity contribution in [3.8, 4) is 5.75 Å². The summed E-state index contributed by atoms with van der Waals surface area (Å²) in [5.74, 6) is 0.220. The highest BCUT2D eigenvalue weighted by Crippen LogP contribution is 2.45. The van der Waals surface area contributed by atoms with Gasteiger partial charge in [-0.25, -0.2) is 4.39 Å².